The topological polar surface area (TPSA) is 79.8 Å². The lowest BCUT2D eigenvalue weighted by Gasteiger charge is -2.39. The molecule has 2 unspecified atom stereocenters. The molecule has 136 valence electrons. The molecule has 0 aliphatic carbocycles. The summed E-state index contributed by atoms with van der Waals surface area (Å²) >= 11 is 0. The second kappa shape index (κ2) is 8.87. The van der Waals surface area contributed by atoms with Crippen LogP contribution in [0, 0.1) is 11.3 Å². The Morgan fingerprint density at radius 2 is 2.00 bits per heavy atom. The fourth-order valence-electron chi connectivity index (χ4n) is 2.89. The minimum atomic E-state index is -2.96. The van der Waals surface area contributed by atoms with E-state index in [2.05, 4.69) is 36.4 Å². The van der Waals surface area contributed by atoms with Crippen LogP contribution in [0.2, 0.25) is 0 Å². The van der Waals surface area contributed by atoms with Crippen molar-refractivity contribution in [2.75, 3.05) is 38.2 Å². The van der Waals surface area contributed by atoms with E-state index in [1.54, 1.807) is 0 Å². The quantitative estimate of drug-likeness (QED) is 0.561. The van der Waals surface area contributed by atoms with E-state index in [4.69, 9.17) is 4.74 Å². The summed E-state index contributed by atoms with van der Waals surface area (Å²) in [6.07, 6.45) is 3.64. The molecule has 2 N–H and O–H groups in total. The van der Waals surface area contributed by atoms with Crippen molar-refractivity contribution in [2.24, 2.45) is 16.3 Å². The predicted molar refractivity (Wildman–Crippen MR) is 95.6 cm³/mol. The van der Waals surface area contributed by atoms with Gasteiger partial charge in [0.05, 0.1) is 11.9 Å². The zero-order valence-electron chi connectivity index (χ0n) is 15.2. The zero-order valence-corrected chi connectivity index (χ0v) is 16.0. The molecule has 1 rings (SSSR count). The van der Waals surface area contributed by atoms with Gasteiger partial charge in [0.25, 0.3) is 0 Å². The van der Waals surface area contributed by atoms with Gasteiger partial charge in [0, 0.05) is 38.4 Å². The number of guanidine groups is 1. The number of rotatable bonds is 6. The molecule has 1 aliphatic rings. The highest BCUT2D eigenvalue weighted by Crippen LogP contribution is 2.34. The number of sulfone groups is 1. The third kappa shape index (κ3) is 8.01. The van der Waals surface area contributed by atoms with E-state index in [9.17, 15) is 8.42 Å². The summed E-state index contributed by atoms with van der Waals surface area (Å²) in [6, 6.07) is 0. The molecule has 1 saturated heterocycles. The summed E-state index contributed by atoms with van der Waals surface area (Å²) in [6.45, 7) is 11.2. The van der Waals surface area contributed by atoms with Crippen molar-refractivity contribution in [2.45, 2.75) is 46.6 Å². The Labute approximate surface area is 141 Å². The lowest BCUT2D eigenvalue weighted by molar-refractivity contribution is -0.0823. The molecule has 7 heteroatoms. The molecule has 0 spiro atoms. The maximum absolute atomic E-state index is 11.2. The number of hydrogen-bond donors (Lipinski definition) is 2. The maximum Gasteiger partial charge on any atom is 0.191 e. The predicted octanol–water partition coefficient (Wildman–Crippen LogP) is 1.43. The molecule has 23 heavy (non-hydrogen) atoms. The zero-order chi connectivity index (χ0) is 17.5. The van der Waals surface area contributed by atoms with Crippen molar-refractivity contribution >= 4 is 15.8 Å². The van der Waals surface area contributed by atoms with Gasteiger partial charge in [0.1, 0.15) is 9.84 Å². The number of nitrogens with zero attached hydrogens (tertiary/aromatic N) is 1. The Kier molecular flexibility index (Phi) is 7.80. The van der Waals surface area contributed by atoms with Crippen molar-refractivity contribution in [3.05, 3.63) is 0 Å². The first kappa shape index (κ1) is 20.2. The second-order valence-corrected chi connectivity index (χ2v) is 9.60. The Hall–Kier alpha value is -0.820. The monoisotopic (exact) mass is 347 g/mol. The highest BCUT2D eigenvalue weighted by Gasteiger charge is 2.35. The van der Waals surface area contributed by atoms with Gasteiger partial charge in [-0.1, -0.05) is 20.8 Å². The normalized spacial score (nSPS) is 23.6. The molecular weight excluding hydrogens is 314 g/mol. The van der Waals surface area contributed by atoms with Crippen molar-refractivity contribution in [3.8, 4) is 0 Å². The summed E-state index contributed by atoms with van der Waals surface area (Å²) in [4.78, 5) is 4.64. The van der Waals surface area contributed by atoms with E-state index in [-0.39, 0.29) is 17.3 Å². The molecule has 0 aromatic heterocycles. The summed E-state index contributed by atoms with van der Waals surface area (Å²) in [5.41, 5.74) is 0.0999. The van der Waals surface area contributed by atoms with Crippen molar-refractivity contribution in [1.29, 1.82) is 0 Å². The number of ether oxygens (including phenoxy) is 1. The molecule has 0 bridgehead atoms. The Morgan fingerprint density at radius 3 is 2.57 bits per heavy atom. The standard InChI is InChI=1S/C16H33N3O3S/c1-6-17-15(18-9-11-23(5,20)21)19-12-13-8-7-10-22-14(13)16(2,3)4/h13-14H,6-12H2,1-5H3,(H2,17,18,19). The third-order valence-electron chi connectivity index (χ3n) is 3.89. The fourth-order valence-corrected chi connectivity index (χ4v) is 3.37. The minimum Gasteiger partial charge on any atom is -0.377 e. The molecule has 0 radical (unpaired) electrons. The molecule has 1 fully saturated rings. The van der Waals surface area contributed by atoms with Crippen molar-refractivity contribution < 1.29 is 13.2 Å². The van der Waals surface area contributed by atoms with E-state index in [0.29, 0.717) is 25.0 Å². The Balaban J connectivity index is 2.63. The first-order valence-corrected chi connectivity index (χ1v) is 10.5. The maximum atomic E-state index is 11.2. The average Bonchev–Trinajstić information content (AvgIpc) is 2.43. The summed E-state index contributed by atoms with van der Waals surface area (Å²) in [5, 5.41) is 6.25. The van der Waals surface area contributed by atoms with E-state index in [1.807, 2.05) is 6.92 Å². The van der Waals surface area contributed by atoms with E-state index >= 15 is 0 Å². The Morgan fingerprint density at radius 1 is 1.30 bits per heavy atom. The molecule has 0 aromatic rings. The van der Waals surface area contributed by atoms with E-state index in [0.717, 1.165) is 26.0 Å². The Bertz CT molecular complexity index is 483. The molecule has 0 amide bonds. The number of nitrogens with one attached hydrogen (secondary N) is 2. The third-order valence-corrected chi connectivity index (χ3v) is 4.84. The van der Waals surface area contributed by atoms with Gasteiger partial charge < -0.3 is 15.4 Å². The van der Waals surface area contributed by atoms with Crippen LogP contribution in [0.4, 0.5) is 0 Å². The molecule has 1 aliphatic heterocycles. The van der Waals surface area contributed by atoms with Gasteiger partial charge in [-0.15, -0.1) is 0 Å². The number of aliphatic imine (C=N–C) groups is 1. The van der Waals surface area contributed by atoms with Crippen molar-refractivity contribution in [1.82, 2.24) is 10.6 Å². The van der Waals surface area contributed by atoms with Gasteiger partial charge in [-0.05, 0) is 25.2 Å². The van der Waals surface area contributed by atoms with Crippen LogP contribution in [0.1, 0.15) is 40.5 Å². The van der Waals surface area contributed by atoms with Crippen LogP contribution in [0.3, 0.4) is 0 Å². The van der Waals surface area contributed by atoms with Crippen LogP contribution in [-0.2, 0) is 14.6 Å². The lowest BCUT2D eigenvalue weighted by atomic mass is 9.78. The molecule has 6 nitrogen and oxygen atoms in total. The molecule has 0 aromatic carbocycles. The summed E-state index contributed by atoms with van der Waals surface area (Å²) in [5.74, 6) is 1.18. The average molecular weight is 348 g/mol. The molecule has 2 atom stereocenters. The molecular formula is C16H33N3O3S. The molecule has 0 saturated carbocycles. The van der Waals surface area contributed by atoms with E-state index in [1.165, 1.54) is 6.26 Å². The van der Waals surface area contributed by atoms with Crippen LogP contribution >= 0.6 is 0 Å². The van der Waals surface area contributed by atoms with Gasteiger partial charge in [-0.2, -0.15) is 0 Å². The second-order valence-electron chi connectivity index (χ2n) is 7.34. The van der Waals surface area contributed by atoms with Crippen LogP contribution < -0.4 is 10.6 Å². The van der Waals surface area contributed by atoms with E-state index < -0.39 is 9.84 Å². The van der Waals surface area contributed by atoms with Crippen LogP contribution in [0.5, 0.6) is 0 Å². The van der Waals surface area contributed by atoms with Gasteiger partial charge in [0.2, 0.25) is 0 Å². The highest BCUT2D eigenvalue weighted by molar-refractivity contribution is 7.90. The first-order chi connectivity index (χ1) is 10.6. The summed E-state index contributed by atoms with van der Waals surface area (Å²) in [7, 11) is -2.96. The van der Waals surface area contributed by atoms with Gasteiger partial charge in [-0.25, -0.2) is 8.42 Å². The summed E-state index contributed by atoms with van der Waals surface area (Å²) < 4.78 is 28.4. The van der Waals surface area contributed by atoms with Crippen molar-refractivity contribution in [3.63, 3.8) is 0 Å². The minimum absolute atomic E-state index is 0.0999. The highest BCUT2D eigenvalue weighted by atomic mass is 32.2. The smallest absolute Gasteiger partial charge is 0.191 e. The SMILES string of the molecule is CCNC(=NCC1CCCOC1C(C)(C)C)NCCS(C)(=O)=O. The van der Waals surface area contributed by atoms with Gasteiger partial charge in [-0.3, -0.25) is 4.99 Å². The first-order valence-electron chi connectivity index (χ1n) is 8.45. The molecule has 1 heterocycles. The fraction of sp³-hybridized carbons (Fsp3) is 0.938. The van der Waals surface area contributed by atoms with Crippen LogP contribution in [0.25, 0.3) is 0 Å². The largest absolute Gasteiger partial charge is 0.377 e. The van der Waals surface area contributed by atoms with Gasteiger partial charge >= 0.3 is 0 Å². The van der Waals surface area contributed by atoms with Crippen LogP contribution in [-0.4, -0.2) is 58.7 Å². The lowest BCUT2D eigenvalue weighted by Crippen LogP contribution is -2.43. The van der Waals surface area contributed by atoms with Crippen LogP contribution in [0.15, 0.2) is 4.99 Å². The number of hydrogen-bond acceptors (Lipinski definition) is 4. The van der Waals surface area contributed by atoms with Gasteiger partial charge in [0.15, 0.2) is 5.96 Å².